The van der Waals surface area contributed by atoms with E-state index in [-0.39, 0.29) is 6.10 Å². The van der Waals surface area contributed by atoms with E-state index >= 15 is 0 Å². The molecule has 1 fully saturated rings. The first-order chi connectivity index (χ1) is 12.7. The summed E-state index contributed by atoms with van der Waals surface area (Å²) in [4.78, 5) is 20.1. The van der Waals surface area contributed by atoms with Crippen molar-refractivity contribution in [3.8, 4) is 11.8 Å². The zero-order valence-electron chi connectivity index (χ0n) is 14.9. The molecule has 7 heteroatoms. The van der Waals surface area contributed by atoms with Crippen LogP contribution in [0.15, 0.2) is 36.5 Å². The van der Waals surface area contributed by atoms with Crippen molar-refractivity contribution in [2.24, 2.45) is 0 Å². The Morgan fingerprint density at radius 2 is 1.77 bits per heavy atom. The van der Waals surface area contributed by atoms with Crippen molar-refractivity contribution in [1.29, 1.82) is 0 Å². The summed E-state index contributed by atoms with van der Waals surface area (Å²) < 4.78 is 11.3. The van der Waals surface area contributed by atoms with Gasteiger partial charge in [0.05, 0.1) is 24.3 Å². The number of piperidine rings is 1. The van der Waals surface area contributed by atoms with Crippen LogP contribution < -0.4 is 14.4 Å². The lowest BCUT2D eigenvalue weighted by Gasteiger charge is -2.32. The molecule has 0 atom stereocenters. The first-order valence-corrected chi connectivity index (χ1v) is 8.74. The Morgan fingerprint density at radius 3 is 2.54 bits per heavy atom. The summed E-state index contributed by atoms with van der Waals surface area (Å²) in [6.07, 6.45) is 3.58. The fraction of sp³-hybridized carbons (Fsp3) is 0.368. The van der Waals surface area contributed by atoms with Gasteiger partial charge in [-0.15, -0.1) is 0 Å². The van der Waals surface area contributed by atoms with Gasteiger partial charge in [-0.1, -0.05) is 12.1 Å². The molecule has 0 spiro atoms. The normalized spacial score (nSPS) is 15.2. The molecule has 0 saturated carbocycles. The second-order valence-corrected chi connectivity index (χ2v) is 6.35. The van der Waals surface area contributed by atoms with Crippen molar-refractivity contribution >= 4 is 17.0 Å². The van der Waals surface area contributed by atoms with Gasteiger partial charge in [0.25, 0.3) is 0 Å². The largest absolute Gasteiger partial charge is 0.481 e. The molecule has 3 aromatic rings. The molecule has 2 aromatic heterocycles. The number of benzene rings is 1. The van der Waals surface area contributed by atoms with Gasteiger partial charge in [0.15, 0.2) is 0 Å². The molecule has 1 aromatic carbocycles. The van der Waals surface area contributed by atoms with Gasteiger partial charge < -0.3 is 14.4 Å². The number of aryl methyl sites for hydroxylation is 1. The number of hydrogen-bond donors (Lipinski definition) is 0. The molecule has 0 amide bonds. The van der Waals surface area contributed by atoms with Gasteiger partial charge in [0.2, 0.25) is 17.7 Å². The van der Waals surface area contributed by atoms with Gasteiger partial charge >= 0.3 is 0 Å². The van der Waals surface area contributed by atoms with Crippen molar-refractivity contribution < 1.29 is 9.47 Å². The third kappa shape index (κ3) is 3.51. The number of fused-ring (bicyclic) bond motifs is 1. The highest BCUT2D eigenvalue weighted by atomic mass is 16.5. The average Bonchev–Trinajstić information content (AvgIpc) is 2.68. The Morgan fingerprint density at radius 1 is 1.00 bits per heavy atom. The number of rotatable bonds is 4. The van der Waals surface area contributed by atoms with Crippen LogP contribution in [0.2, 0.25) is 0 Å². The summed E-state index contributed by atoms with van der Waals surface area (Å²) in [7, 11) is 1.62. The summed E-state index contributed by atoms with van der Waals surface area (Å²) in [5.41, 5.74) is 2.62. The molecule has 3 heterocycles. The Kier molecular flexibility index (Phi) is 4.51. The fourth-order valence-electron chi connectivity index (χ4n) is 3.11. The van der Waals surface area contributed by atoms with Gasteiger partial charge in [-0.05, 0) is 19.1 Å². The van der Waals surface area contributed by atoms with E-state index in [1.165, 1.54) is 0 Å². The van der Waals surface area contributed by atoms with E-state index in [0.717, 1.165) is 42.7 Å². The van der Waals surface area contributed by atoms with E-state index in [1.54, 1.807) is 13.3 Å². The maximum Gasteiger partial charge on any atom is 0.233 e. The molecule has 1 saturated heterocycles. The molecule has 0 bridgehead atoms. The lowest BCUT2D eigenvalue weighted by Crippen LogP contribution is -2.39. The zero-order chi connectivity index (χ0) is 17.9. The fourth-order valence-corrected chi connectivity index (χ4v) is 3.11. The minimum Gasteiger partial charge on any atom is -0.481 e. The number of ether oxygens (including phenoxy) is 2. The predicted molar refractivity (Wildman–Crippen MR) is 98.7 cm³/mol. The molecule has 0 unspecified atom stereocenters. The van der Waals surface area contributed by atoms with Gasteiger partial charge in [-0.25, -0.2) is 15.0 Å². The Balaban J connectivity index is 1.41. The van der Waals surface area contributed by atoms with E-state index in [0.29, 0.717) is 17.7 Å². The number of nitrogens with zero attached hydrogens (tertiary/aromatic N) is 5. The van der Waals surface area contributed by atoms with Crippen molar-refractivity contribution in [1.82, 2.24) is 19.9 Å². The van der Waals surface area contributed by atoms with Crippen LogP contribution in [0.1, 0.15) is 18.5 Å². The van der Waals surface area contributed by atoms with Crippen LogP contribution in [-0.2, 0) is 0 Å². The first-order valence-electron chi connectivity index (χ1n) is 8.74. The van der Waals surface area contributed by atoms with Crippen LogP contribution in [0.3, 0.4) is 0 Å². The van der Waals surface area contributed by atoms with Crippen molar-refractivity contribution in [3.63, 3.8) is 0 Å². The van der Waals surface area contributed by atoms with E-state index in [2.05, 4.69) is 24.8 Å². The number of methoxy groups -OCH3 is 1. The second-order valence-electron chi connectivity index (χ2n) is 6.35. The number of para-hydroxylation sites is 2. The third-order valence-corrected chi connectivity index (χ3v) is 4.47. The highest BCUT2D eigenvalue weighted by Crippen LogP contribution is 2.22. The quantitative estimate of drug-likeness (QED) is 0.715. The molecular formula is C19H21N5O2. The van der Waals surface area contributed by atoms with Gasteiger partial charge in [-0.2, -0.15) is 4.98 Å². The molecule has 4 rings (SSSR count). The molecule has 0 N–H and O–H groups in total. The zero-order valence-corrected chi connectivity index (χ0v) is 14.9. The van der Waals surface area contributed by atoms with Crippen molar-refractivity contribution in [2.45, 2.75) is 25.9 Å². The van der Waals surface area contributed by atoms with Gasteiger partial charge in [-0.3, -0.25) is 0 Å². The standard InChI is InChI=1S/C19H21N5O2/c1-13-11-17(25-2)23-19(21-13)24-9-7-14(8-10-24)26-18-12-20-15-5-3-4-6-16(15)22-18/h3-6,11-12,14H,7-10H2,1-2H3. The molecule has 1 aliphatic rings. The van der Waals surface area contributed by atoms with E-state index < -0.39 is 0 Å². The van der Waals surface area contributed by atoms with Crippen molar-refractivity contribution in [2.75, 3.05) is 25.1 Å². The van der Waals surface area contributed by atoms with Gasteiger partial charge in [0, 0.05) is 37.7 Å². The average molecular weight is 351 g/mol. The first kappa shape index (κ1) is 16.5. The van der Waals surface area contributed by atoms with Gasteiger partial charge in [0.1, 0.15) is 6.10 Å². The molecule has 1 aliphatic heterocycles. The maximum absolute atomic E-state index is 6.05. The third-order valence-electron chi connectivity index (χ3n) is 4.47. The maximum atomic E-state index is 6.05. The number of aromatic nitrogens is 4. The summed E-state index contributed by atoms with van der Waals surface area (Å²) in [6, 6.07) is 9.63. The molecule has 0 radical (unpaired) electrons. The highest BCUT2D eigenvalue weighted by molar-refractivity contribution is 5.73. The van der Waals surface area contributed by atoms with E-state index in [1.807, 2.05) is 37.3 Å². The lowest BCUT2D eigenvalue weighted by atomic mass is 10.1. The smallest absolute Gasteiger partial charge is 0.233 e. The van der Waals surface area contributed by atoms with E-state index in [4.69, 9.17) is 9.47 Å². The van der Waals surface area contributed by atoms with Crippen LogP contribution >= 0.6 is 0 Å². The summed E-state index contributed by atoms with van der Waals surface area (Å²) in [5, 5.41) is 0. The van der Waals surface area contributed by atoms with Crippen LogP contribution in [0.25, 0.3) is 11.0 Å². The molecule has 7 nitrogen and oxygen atoms in total. The predicted octanol–water partition coefficient (Wildman–Crippen LogP) is 2.78. The van der Waals surface area contributed by atoms with Crippen LogP contribution in [0.4, 0.5) is 5.95 Å². The minimum atomic E-state index is 0.119. The van der Waals surface area contributed by atoms with Crippen LogP contribution in [0.5, 0.6) is 11.8 Å². The van der Waals surface area contributed by atoms with Crippen LogP contribution in [0, 0.1) is 6.92 Å². The number of hydrogen-bond acceptors (Lipinski definition) is 7. The van der Waals surface area contributed by atoms with Crippen molar-refractivity contribution in [3.05, 3.63) is 42.2 Å². The summed E-state index contributed by atoms with van der Waals surface area (Å²) in [6.45, 7) is 3.61. The molecular weight excluding hydrogens is 330 g/mol. The monoisotopic (exact) mass is 351 g/mol. The number of anilines is 1. The second kappa shape index (κ2) is 7.11. The SMILES string of the molecule is COc1cc(C)nc(N2CCC(Oc3cnc4ccccc4n3)CC2)n1. The minimum absolute atomic E-state index is 0.119. The van der Waals surface area contributed by atoms with E-state index in [9.17, 15) is 0 Å². The Bertz CT molecular complexity index is 909. The lowest BCUT2D eigenvalue weighted by molar-refractivity contribution is 0.163. The molecule has 26 heavy (non-hydrogen) atoms. The summed E-state index contributed by atoms with van der Waals surface area (Å²) in [5.74, 6) is 1.89. The Hall–Kier alpha value is -2.96. The topological polar surface area (TPSA) is 73.3 Å². The molecule has 134 valence electrons. The Labute approximate surface area is 152 Å². The summed E-state index contributed by atoms with van der Waals surface area (Å²) >= 11 is 0. The van der Waals surface area contributed by atoms with Crippen LogP contribution in [-0.4, -0.2) is 46.2 Å². The highest BCUT2D eigenvalue weighted by Gasteiger charge is 2.23. The molecule has 0 aliphatic carbocycles.